The molecule has 0 bridgehead atoms. The lowest BCUT2D eigenvalue weighted by Crippen LogP contribution is -2.27. The van der Waals surface area contributed by atoms with Crippen molar-refractivity contribution in [1.29, 1.82) is 0 Å². The Morgan fingerprint density at radius 1 is 1.28 bits per heavy atom. The molecule has 0 aliphatic heterocycles. The molecule has 0 aromatic carbocycles. The Hall–Kier alpha value is -1.94. The molecular weight excluding hydrogens is 250 g/mol. The second-order valence-corrected chi connectivity index (χ2v) is 4.24. The molecule has 0 radical (unpaired) electrons. The van der Waals surface area contributed by atoms with E-state index in [1.807, 2.05) is 19.1 Å². The standard InChI is InChI=1S/C13H12ClN3O/c1-9(10-3-2-5-15-7-10)17-13(18)11-4-6-16-8-12(11)14/h2-9H,1H3,(H,17,18). The van der Waals surface area contributed by atoms with Crippen molar-refractivity contribution in [1.82, 2.24) is 15.3 Å². The first-order valence-corrected chi connectivity index (χ1v) is 5.86. The Morgan fingerprint density at radius 2 is 2.06 bits per heavy atom. The summed E-state index contributed by atoms with van der Waals surface area (Å²) in [6, 6.07) is 5.20. The van der Waals surface area contributed by atoms with Gasteiger partial charge < -0.3 is 5.32 Å². The molecular formula is C13H12ClN3O. The normalized spacial score (nSPS) is 11.9. The van der Waals surface area contributed by atoms with Gasteiger partial charge in [0.05, 0.1) is 16.6 Å². The summed E-state index contributed by atoms with van der Waals surface area (Å²) in [5, 5.41) is 3.20. The molecule has 1 unspecified atom stereocenters. The minimum atomic E-state index is -0.223. The summed E-state index contributed by atoms with van der Waals surface area (Å²) >= 11 is 5.91. The predicted octanol–water partition coefficient (Wildman–Crippen LogP) is 2.62. The molecule has 18 heavy (non-hydrogen) atoms. The quantitative estimate of drug-likeness (QED) is 0.924. The molecule has 2 aromatic rings. The highest BCUT2D eigenvalue weighted by Crippen LogP contribution is 2.16. The summed E-state index contributed by atoms with van der Waals surface area (Å²) in [5.74, 6) is -0.223. The van der Waals surface area contributed by atoms with Crippen LogP contribution in [-0.2, 0) is 0 Å². The summed E-state index contributed by atoms with van der Waals surface area (Å²) in [4.78, 5) is 19.9. The van der Waals surface area contributed by atoms with Crippen molar-refractivity contribution in [2.75, 3.05) is 0 Å². The lowest BCUT2D eigenvalue weighted by molar-refractivity contribution is 0.0940. The third-order valence-corrected chi connectivity index (χ3v) is 2.85. The van der Waals surface area contributed by atoms with Crippen LogP contribution in [0.4, 0.5) is 0 Å². The van der Waals surface area contributed by atoms with Crippen molar-refractivity contribution in [3.05, 3.63) is 59.1 Å². The summed E-state index contributed by atoms with van der Waals surface area (Å²) < 4.78 is 0. The molecule has 0 saturated carbocycles. The smallest absolute Gasteiger partial charge is 0.253 e. The molecule has 2 heterocycles. The van der Waals surface area contributed by atoms with Crippen LogP contribution in [-0.4, -0.2) is 15.9 Å². The van der Waals surface area contributed by atoms with E-state index in [2.05, 4.69) is 15.3 Å². The number of hydrogen-bond acceptors (Lipinski definition) is 3. The fourth-order valence-corrected chi connectivity index (χ4v) is 1.75. The maximum absolute atomic E-state index is 12.0. The van der Waals surface area contributed by atoms with Gasteiger partial charge in [0.25, 0.3) is 5.91 Å². The van der Waals surface area contributed by atoms with E-state index in [9.17, 15) is 4.79 Å². The molecule has 4 nitrogen and oxygen atoms in total. The second-order valence-electron chi connectivity index (χ2n) is 3.84. The van der Waals surface area contributed by atoms with Crippen LogP contribution < -0.4 is 5.32 Å². The summed E-state index contributed by atoms with van der Waals surface area (Å²) in [6.07, 6.45) is 6.40. The minimum absolute atomic E-state index is 0.129. The fraction of sp³-hybridized carbons (Fsp3) is 0.154. The Labute approximate surface area is 110 Å². The van der Waals surface area contributed by atoms with Crippen LogP contribution in [0, 0.1) is 0 Å². The molecule has 1 atom stereocenters. The molecule has 0 aliphatic rings. The predicted molar refractivity (Wildman–Crippen MR) is 69.4 cm³/mol. The lowest BCUT2D eigenvalue weighted by Gasteiger charge is -2.14. The van der Waals surface area contributed by atoms with Gasteiger partial charge in [0.15, 0.2) is 0 Å². The van der Waals surface area contributed by atoms with E-state index in [1.165, 1.54) is 12.4 Å². The number of hydrogen-bond donors (Lipinski definition) is 1. The van der Waals surface area contributed by atoms with Gasteiger partial charge in [0.1, 0.15) is 0 Å². The molecule has 2 rings (SSSR count). The highest BCUT2D eigenvalue weighted by atomic mass is 35.5. The second kappa shape index (κ2) is 5.60. The number of carbonyl (C=O) groups is 1. The molecule has 0 spiro atoms. The van der Waals surface area contributed by atoms with Crippen LogP contribution in [0.3, 0.4) is 0 Å². The van der Waals surface area contributed by atoms with E-state index in [0.717, 1.165) is 5.56 Å². The summed E-state index contributed by atoms with van der Waals surface area (Å²) in [6.45, 7) is 1.89. The van der Waals surface area contributed by atoms with E-state index in [1.54, 1.807) is 18.5 Å². The van der Waals surface area contributed by atoms with Crippen molar-refractivity contribution >= 4 is 17.5 Å². The Bertz CT molecular complexity index is 545. The average molecular weight is 262 g/mol. The highest BCUT2D eigenvalue weighted by Gasteiger charge is 2.13. The van der Waals surface area contributed by atoms with E-state index >= 15 is 0 Å². The van der Waals surface area contributed by atoms with Gasteiger partial charge in [0.2, 0.25) is 0 Å². The van der Waals surface area contributed by atoms with Gasteiger partial charge in [0, 0.05) is 24.8 Å². The van der Waals surface area contributed by atoms with Crippen molar-refractivity contribution in [2.24, 2.45) is 0 Å². The highest BCUT2D eigenvalue weighted by molar-refractivity contribution is 6.33. The van der Waals surface area contributed by atoms with Gasteiger partial charge in [-0.15, -0.1) is 0 Å². The number of pyridine rings is 2. The Morgan fingerprint density at radius 3 is 2.72 bits per heavy atom. The van der Waals surface area contributed by atoms with Crippen LogP contribution >= 0.6 is 11.6 Å². The molecule has 92 valence electrons. The van der Waals surface area contributed by atoms with E-state index in [0.29, 0.717) is 10.6 Å². The SMILES string of the molecule is CC(NC(=O)c1ccncc1Cl)c1cccnc1. The Balaban J connectivity index is 2.11. The number of nitrogens with zero attached hydrogens (tertiary/aromatic N) is 2. The van der Waals surface area contributed by atoms with Crippen LogP contribution in [0.5, 0.6) is 0 Å². The molecule has 1 amide bonds. The van der Waals surface area contributed by atoms with Gasteiger partial charge >= 0.3 is 0 Å². The number of rotatable bonds is 3. The third-order valence-electron chi connectivity index (χ3n) is 2.55. The van der Waals surface area contributed by atoms with Crippen molar-refractivity contribution < 1.29 is 4.79 Å². The molecule has 0 aliphatic carbocycles. The largest absolute Gasteiger partial charge is 0.345 e. The summed E-state index contributed by atoms with van der Waals surface area (Å²) in [5.41, 5.74) is 1.36. The van der Waals surface area contributed by atoms with Crippen LogP contribution in [0.1, 0.15) is 28.9 Å². The zero-order chi connectivity index (χ0) is 13.0. The number of nitrogens with one attached hydrogen (secondary N) is 1. The molecule has 2 aromatic heterocycles. The van der Waals surface area contributed by atoms with Crippen LogP contribution in [0.2, 0.25) is 5.02 Å². The van der Waals surface area contributed by atoms with E-state index in [4.69, 9.17) is 11.6 Å². The van der Waals surface area contributed by atoms with Crippen molar-refractivity contribution in [3.8, 4) is 0 Å². The fourth-order valence-electron chi connectivity index (χ4n) is 1.55. The minimum Gasteiger partial charge on any atom is -0.345 e. The average Bonchev–Trinajstić information content (AvgIpc) is 2.40. The maximum atomic E-state index is 12.0. The first-order valence-electron chi connectivity index (χ1n) is 5.49. The monoisotopic (exact) mass is 261 g/mol. The maximum Gasteiger partial charge on any atom is 0.253 e. The number of carbonyl (C=O) groups excluding carboxylic acids is 1. The van der Waals surface area contributed by atoms with E-state index in [-0.39, 0.29) is 11.9 Å². The van der Waals surface area contributed by atoms with Gasteiger partial charge in [-0.2, -0.15) is 0 Å². The van der Waals surface area contributed by atoms with Crippen LogP contribution in [0.15, 0.2) is 43.0 Å². The van der Waals surface area contributed by atoms with Gasteiger partial charge in [-0.25, -0.2) is 0 Å². The number of amides is 1. The topological polar surface area (TPSA) is 54.9 Å². The van der Waals surface area contributed by atoms with Crippen LogP contribution in [0.25, 0.3) is 0 Å². The van der Waals surface area contributed by atoms with Gasteiger partial charge in [-0.05, 0) is 24.6 Å². The van der Waals surface area contributed by atoms with Gasteiger partial charge in [-0.3, -0.25) is 14.8 Å². The third kappa shape index (κ3) is 2.84. The molecule has 1 N–H and O–H groups in total. The Kier molecular flexibility index (Phi) is 3.89. The van der Waals surface area contributed by atoms with Crippen molar-refractivity contribution in [3.63, 3.8) is 0 Å². The molecule has 5 heteroatoms. The molecule has 0 fully saturated rings. The number of aromatic nitrogens is 2. The van der Waals surface area contributed by atoms with Gasteiger partial charge in [-0.1, -0.05) is 17.7 Å². The first-order chi connectivity index (χ1) is 8.68. The molecule has 0 saturated heterocycles. The number of halogens is 1. The zero-order valence-electron chi connectivity index (χ0n) is 9.80. The summed E-state index contributed by atoms with van der Waals surface area (Å²) in [7, 11) is 0. The van der Waals surface area contributed by atoms with E-state index < -0.39 is 0 Å². The first kappa shape index (κ1) is 12.5. The lowest BCUT2D eigenvalue weighted by atomic mass is 10.1. The van der Waals surface area contributed by atoms with Crippen molar-refractivity contribution in [2.45, 2.75) is 13.0 Å². The zero-order valence-corrected chi connectivity index (χ0v) is 10.6.